The lowest BCUT2D eigenvalue weighted by atomic mass is 10.0. The summed E-state index contributed by atoms with van der Waals surface area (Å²) in [5, 5.41) is 2.89. The topological polar surface area (TPSA) is 74.8 Å². The third kappa shape index (κ3) is 6.06. The van der Waals surface area contributed by atoms with E-state index >= 15 is 0 Å². The maximum atomic E-state index is 12.0. The van der Waals surface area contributed by atoms with Crippen molar-refractivity contribution in [2.45, 2.75) is 38.8 Å². The number of rotatable bonds is 5. The van der Waals surface area contributed by atoms with Gasteiger partial charge in [0.2, 0.25) is 6.29 Å². The molecule has 0 aliphatic carbocycles. The molecule has 3 heterocycles. The number of carbonyl (C=O) groups excluding carboxylic acids is 2. The molecule has 1 aliphatic heterocycles. The number of H-pyrrole nitrogens is 1. The van der Waals surface area contributed by atoms with Gasteiger partial charge in [0.15, 0.2) is 0 Å². The zero-order chi connectivity index (χ0) is 23.1. The van der Waals surface area contributed by atoms with Crippen LogP contribution in [0.15, 0.2) is 48.7 Å². The lowest BCUT2D eigenvalue weighted by Gasteiger charge is -2.11. The van der Waals surface area contributed by atoms with Gasteiger partial charge < -0.3 is 10.3 Å². The van der Waals surface area contributed by atoms with E-state index in [4.69, 9.17) is 4.79 Å². The van der Waals surface area contributed by atoms with Gasteiger partial charge in [-0.05, 0) is 36.6 Å². The van der Waals surface area contributed by atoms with Crippen LogP contribution in [0.4, 0.5) is 13.2 Å². The summed E-state index contributed by atoms with van der Waals surface area (Å²) in [6, 6.07) is 14.7. The van der Waals surface area contributed by atoms with Crippen LogP contribution < -0.4 is 5.32 Å². The molecule has 32 heavy (non-hydrogen) atoms. The minimum absolute atomic E-state index is 0.00528. The lowest BCUT2D eigenvalue weighted by molar-refractivity contribution is -0.156. The first kappa shape index (κ1) is 23.2. The van der Waals surface area contributed by atoms with E-state index < -0.39 is 12.5 Å². The number of alkyl halides is 3. The maximum absolute atomic E-state index is 12.0. The first-order chi connectivity index (χ1) is 15.3. The van der Waals surface area contributed by atoms with Gasteiger partial charge in [0, 0.05) is 41.7 Å². The molecule has 0 bridgehead atoms. The highest BCUT2D eigenvalue weighted by Crippen LogP contribution is 2.27. The molecule has 0 fully saturated rings. The van der Waals surface area contributed by atoms with E-state index in [0.717, 1.165) is 46.6 Å². The fourth-order valence-corrected chi connectivity index (χ4v) is 3.43. The van der Waals surface area contributed by atoms with E-state index in [1.54, 1.807) is 0 Å². The normalized spacial score (nSPS) is 12.9. The molecule has 0 spiro atoms. The van der Waals surface area contributed by atoms with Crippen LogP contribution in [-0.2, 0) is 17.6 Å². The van der Waals surface area contributed by atoms with Gasteiger partial charge in [-0.2, -0.15) is 13.2 Å². The van der Waals surface area contributed by atoms with Crippen molar-refractivity contribution in [2.75, 3.05) is 6.54 Å². The number of hydrogen-bond acceptors (Lipinski definition) is 3. The quantitative estimate of drug-likeness (QED) is 0.538. The number of aromatic nitrogens is 2. The summed E-state index contributed by atoms with van der Waals surface area (Å²) in [5.41, 5.74) is 7.22. The van der Waals surface area contributed by atoms with Gasteiger partial charge in [-0.3, -0.25) is 14.6 Å². The Morgan fingerprint density at radius 1 is 1.09 bits per heavy atom. The standard InChI is InChI=1S/C22H23N3O.C2HF3O/c1-2-3-4-15-5-7-16(8-6-15)20-13-17(9-11-23-20)21-14-18-19(25-21)10-12-24-22(18)26;3-2(4,5)1-6/h5-9,11,13-14,25H,2-4,10,12H2,1H3,(H,24,26);1H. The number of halogens is 3. The molecular formula is C24H24F3N3O2. The molecule has 5 nitrogen and oxygen atoms in total. The highest BCUT2D eigenvalue weighted by atomic mass is 19.4. The van der Waals surface area contributed by atoms with Crippen LogP contribution in [0.5, 0.6) is 0 Å². The van der Waals surface area contributed by atoms with E-state index in [1.165, 1.54) is 18.4 Å². The molecule has 2 N–H and O–H groups in total. The van der Waals surface area contributed by atoms with Crippen LogP contribution in [0.1, 0.15) is 41.4 Å². The lowest BCUT2D eigenvalue weighted by Crippen LogP contribution is -2.31. The van der Waals surface area contributed by atoms with E-state index in [1.807, 2.05) is 18.3 Å². The number of unbranched alkanes of at least 4 members (excludes halogenated alkanes) is 1. The van der Waals surface area contributed by atoms with Crippen molar-refractivity contribution in [3.05, 3.63) is 65.5 Å². The Labute approximate surface area is 184 Å². The molecule has 2 aromatic heterocycles. The smallest absolute Gasteiger partial charge is 0.358 e. The van der Waals surface area contributed by atoms with Gasteiger partial charge >= 0.3 is 6.18 Å². The summed E-state index contributed by atoms with van der Waals surface area (Å²) >= 11 is 0. The van der Waals surface area contributed by atoms with E-state index in [2.05, 4.69) is 52.5 Å². The van der Waals surface area contributed by atoms with E-state index in [9.17, 15) is 18.0 Å². The Morgan fingerprint density at radius 2 is 1.81 bits per heavy atom. The zero-order valence-electron chi connectivity index (χ0n) is 17.6. The van der Waals surface area contributed by atoms with Gasteiger partial charge in [-0.25, -0.2) is 0 Å². The van der Waals surface area contributed by atoms with E-state index in [0.29, 0.717) is 6.54 Å². The Kier molecular flexibility index (Phi) is 7.45. The van der Waals surface area contributed by atoms with Crippen molar-refractivity contribution in [3.8, 4) is 22.5 Å². The molecule has 0 saturated heterocycles. The summed E-state index contributed by atoms with van der Waals surface area (Å²) in [6.07, 6.45) is 0.531. The number of fused-ring (bicyclic) bond motifs is 1. The Balaban J connectivity index is 0.000000427. The molecule has 4 rings (SSSR count). The van der Waals surface area contributed by atoms with Gasteiger partial charge in [-0.1, -0.05) is 37.6 Å². The second-order valence-electron chi connectivity index (χ2n) is 7.47. The van der Waals surface area contributed by atoms with Crippen LogP contribution in [0.25, 0.3) is 22.5 Å². The number of aldehydes is 1. The Bertz CT molecular complexity index is 1070. The van der Waals surface area contributed by atoms with Crippen LogP contribution in [-0.4, -0.2) is 34.9 Å². The molecule has 0 radical (unpaired) electrons. The molecule has 168 valence electrons. The largest absolute Gasteiger partial charge is 0.446 e. The summed E-state index contributed by atoms with van der Waals surface area (Å²) in [6.45, 7) is 2.91. The van der Waals surface area contributed by atoms with Crippen LogP contribution in [0.3, 0.4) is 0 Å². The summed E-state index contributed by atoms with van der Waals surface area (Å²) in [5.74, 6) is 0.00528. The van der Waals surface area contributed by atoms with E-state index in [-0.39, 0.29) is 5.91 Å². The number of nitrogens with one attached hydrogen (secondary N) is 2. The predicted octanol–water partition coefficient (Wildman–Crippen LogP) is 5.12. The fourth-order valence-electron chi connectivity index (χ4n) is 3.43. The van der Waals surface area contributed by atoms with Crippen molar-refractivity contribution < 1.29 is 22.8 Å². The second kappa shape index (κ2) is 10.3. The number of nitrogens with zero attached hydrogens (tertiary/aromatic N) is 1. The second-order valence-corrected chi connectivity index (χ2v) is 7.47. The predicted molar refractivity (Wildman–Crippen MR) is 116 cm³/mol. The van der Waals surface area contributed by atoms with Gasteiger partial charge in [0.05, 0.1) is 11.3 Å². The van der Waals surface area contributed by atoms with Gasteiger partial charge in [-0.15, -0.1) is 0 Å². The molecule has 0 unspecified atom stereocenters. The molecule has 1 aliphatic rings. The zero-order valence-corrected chi connectivity index (χ0v) is 17.6. The fraction of sp³-hybridized carbons (Fsp3) is 0.292. The number of carbonyl (C=O) groups is 2. The number of amides is 1. The highest BCUT2D eigenvalue weighted by molar-refractivity contribution is 5.97. The van der Waals surface area contributed by atoms with Gasteiger partial charge in [0.1, 0.15) is 0 Å². The monoisotopic (exact) mass is 443 g/mol. The van der Waals surface area contributed by atoms with Crippen molar-refractivity contribution in [2.24, 2.45) is 0 Å². The molecule has 0 saturated carbocycles. The van der Waals surface area contributed by atoms with Crippen LogP contribution in [0.2, 0.25) is 0 Å². The first-order valence-corrected chi connectivity index (χ1v) is 10.4. The molecule has 3 aromatic rings. The molecule has 1 amide bonds. The average Bonchev–Trinajstić information content (AvgIpc) is 3.24. The third-order valence-electron chi connectivity index (χ3n) is 5.08. The van der Waals surface area contributed by atoms with Crippen molar-refractivity contribution in [1.82, 2.24) is 15.3 Å². The minimum atomic E-state index is -4.64. The third-order valence-corrected chi connectivity index (χ3v) is 5.08. The highest BCUT2D eigenvalue weighted by Gasteiger charge is 2.25. The van der Waals surface area contributed by atoms with Crippen molar-refractivity contribution >= 4 is 12.2 Å². The molecular weight excluding hydrogens is 419 g/mol. The number of benzene rings is 1. The van der Waals surface area contributed by atoms with Crippen molar-refractivity contribution in [1.29, 1.82) is 0 Å². The molecule has 1 aromatic carbocycles. The van der Waals surface area contributed by atoms with Crippen molar-refractivity contribution in [3.63, 3.8) is 0 Å². The minimum Gasteiger partial charge on any atom is -0.358 e. The number of aryl methyl sites for hydroxylation is 1. The SMILES string of the molecule is CCCCc1ccc(-c2cc(-c3cc4c([nH]3)CCNC4=O)ccn2)cc1.O=CC(F)(F)F. The molecule has 0 atom stereocenters. The van der Waals surface area contributed by atoms with Crippen LogP contribution in [0, 0.1) is 0 Å². The maximum Gasteiger partial charge on any atom is 0.446 e. The Hall–Kier alpha value is -3.42. The number of hydrogen-bond donors (Lipinski definition) is 2. The summed E-state index contributed by atoms with van der Waals surface area (Å²) < 4.78 is 31.2. The van der Waals surface area contributed by atoms with Gasteiger partial charge in [0.25, 0.3) is 5.91 Å². The number of pyridine rings is 1. The van der Waals surface area contributed by atoms with Crippen LogP contribution >= 0.6 is 0 Å². The summed E-state index contributed by atoms with van der Waals surface area (Å²) in [4.78, 5) is 28.6. The number of aromatic amines is 1. The Morgan fingerprint density at radius 3 is 2.44 bits per heavy atom. The summed E-state index contributed by atoms with van der Waals surface area (Å²) in [7, 11) is 0. The molecule has 8 heteroatoms. The average molecular weight is 443 g/mol. The first-order valence-electron chi connectivity index (χ1n) is 10.4.